The minimum atomic E-state index is -0.127. The van der Waals surface area contributed by atoms with Crippen molar-refractivity contribution in [1.29, 1.82) is 0 Å². The Morgan fingerprint density at radius 1 is 0.968 bits per heavy atom. The summed E-state index contributed by atoms with van der Waals surface area (Å²) in [5, 5.41) is 2.90. The van der Waals surface area contributed by atoms with Gasteiger partial charge in [-0.05, 0) is 79.3 Å². The molecule has 4 nitrogen and oxygen atoms in total. The molecule has 1 saturated heterocycles. The summed E-state index contributed by atoms with van der Waals surface area (Å²) in [6.45, 7) is 2.00. The highest BCUT2D eigenvalue weighted by Gasteiger charge is 2.34. The predicted molar refractivity (Wildman–Crippen MR) is 127 cm³/mol. The highest BCUT2D eigenvalue weighted by atomic mass is 32.2. The van der Waals surface area contributed by atoms with Crippen LogP contribution in [-0.2, 0) is 17.6 Å². The molecule has 0 radical (unpaired) electrons. The normalized spacial score (nSPS) is 17.6. The van der Waals surface area contributed by atoms with Crippen LogP contribution in [0.3, 0.4) is 0 Å². The van der Waals surface area contributed by atoms with E-state index in [1.165, 1.54) is 17.5 Å². The van der Waals surface area contributed by atoms with Gasteiger partial charge in [0.15, 0.2) is 0 Å². The zero-order chi connectivity index (χ0) is 21.4. The molecule has 5 rings (SSSR count). The van der Waals surface area contributed by atoms with Crippen LogP contribution in [0.25, 0.3) is 0 Å². The lowest BCUT2D eigenvalue weighted by molar-refractivity contribution is -0.115. The van der Waals surface area contributed by atoms with Gasteiger partial charge in [-0.1, -0.05) is 35.9 Å². The van der Waals surface area contributed by atoms with Gasteiger partial charge in [0.25, 0.3) is 5.91 Å². The standard InChI is InChI=1S/C26H24N2O2S/c1-17-5-7-19(8-6-17)25(30)27-22-12-9-20(10-13-22)26-28(24(29)16-31-26)23-14-11-18-3-2-4-21(18)15-23/h5-15,26H,2-4,16H2,1H3,(H,27,30)/t26-/m1/s1. The van der Waals surface area contributed by atoms with E-state index < -0.39 is 0 Å². The number of benzene rings is 3. The number of fused-ring (bicyclic) bond motifs is 1. The van der Waals surface area contributed by atoms with Crippen LogP contribution in [0.5, 0.6) is 0 Å². The molecular formula is C26H24N2O2S. The van der Waals surface area contributed by atoms with Crippen LogP contribution in [-0.4, -0.2) is 17.6 Å². The van der Waals surface area contributed by atoms with Crippen molar-refractivity contribution in [2.75, 3.05) is 16.0 Å². The fraction of sp³-hybridized carbons (Fsp3) is 0.231. The van der Waals surface area contributed by atoms with Crippen LogP contribution >= 0.6 is 11.8 Å². The monoisotopic (exact) mass is 428 g/mol. The summed E-state index contributed by atoms with van der Waals surface area (Å²) >= 11 is 1.65. The van der Waals surface area contributed by atoms with E-state index in [0.29, 0.717) is 11.3 Å². The largest absolute Gasteiger partial charge is 0.322 e. The Kier molecular flexibility index (Phi) is 5.28. The van der Waals surface area contributed by atoms with E-state index in [1.807, 2.05) is 60.4 Å². The zero-order valence-corrected chi connectivity index (χ0v) is 18.2. The van der Waals surface area contributed by atoms with E-state index in [9.17, 15) is 9.59 Å². The molecule has 1 atom stereocenters. The molecule has 5 heteroatoms. The second-order valence-electron chi connectivity index (χ2n) is 8.18. The molecule has 3 aromatic carbocycles. The summed E-state index contributed by atoms with van der Waals surface area (Å²) in [5.41, 5.74) is 7.32. The van der Waals surface area contributed by atoms with Gasteiger partial charge in [-0.2, -0.15) is 0 Å². The number of thioether (sulfide) groups is 1. The summed E-state index contributed by atoms with van der Waals surface area (Å²) in [6, 6.07) is 21.8. The molecule has 1 heterocycles. The number of carbonyl (C=O) groups is 2. The van der Waals surface area contributed by atoms with Crippen LogP contribution in [0.2, 0.25) is 0 Å². The number of nitrogens with zero attached hydrogens (tertiary/aromatic N) is 1. The van der Waals surface area contributed by atoms with Crippen LogP contribution < -0.4 is 10.2 Å². The molecule has 2 amide bonds. The third-order valence-electron chi connectivity index (χ3n) is 6.00. The van der Waals surface area contributed by atoms with Crippen molar-refractivity contribution in [3.63, 3.8) is 0 Å². The number of hydrogen-bond acceptors (Lipinski definition) is 3. The van der Waals surface area contributed by atoms with Crippen molar-refractivity contribution in [3.05, 3.63) is 94.5 Å². The molecule has 2 aliphatic rings. The SMILES string of the molecule is Cc1ccc(C(=O)Nc2ccc([C@H]3SCC(=O)N3c3ccc4c(c3)CCC4)cc2)cc1. The molecule has 3 aromatic rings. The fourth-order valence-electron chi connectivity index (χ4n) is 4.30. The van der Waals surface area contributed by atoms with E-state index >= 15 is 0 Å². The number of aryl methyl sites for hydroxylation is 3. The Bertz CT molecular complexity index is 1140. The first-order chi connectivity index (χ1) is 15.1. The van der Waals surface area contributed by atoms with Crippen molar-refractivity contribution >= 4 is 35.0 Å². The lowest BCUT2D eigenvalue weighted by Gasteiger charge is -2.25. The maximum atomic E-state index is 12.7. The second kappa shape index (κ2) is 8.23. The Morgan fingerprint density at radius 3 is 2.48 bits per heavy atom. The van der Waals surface area contributed by atoms with Gasteiger partial charge in [-0.15, -0.1) is 11.8 Å². The van der Waals surface area contributed by atoms with E-state index in [2.05, 4.69) is 23.5 Å². The van der Waals surface area contributed by atoms with Crippen LogP contribution in [0, 0.1) is 6.92 Å². The second-order valence-corrected chi connectivity index (χ2v) is 9.24. The fourth-order valence-corrected chi connectivity index (χ4v) is 5.47. The van der Waals surface area contributed by atoms with Gasteiger partial charge in [0.1, 0.15) is 5.37 Å². The van der Waals surface area contributed by atoms with Crippen molar-refractivity contribution in [2.45, 2.75) is 31.6 Å². The maximum absolute atomic E-state index is 12.7. The van der Waals surface area contributed by atoms with E-state index in [1.54, 1.807) is 11.8 Å². The number of carbonyl (C=O) groups excluding carboxylic acids is 2. The van der Waals surface area contributed by atoms with Crippen molar-refractivity contribution in [2.24, 2.45) is 0 Å². The maximum Gasteiger partial charge on any atom is 0.255 e. The van der Waals surface area contributed by atoms with Gasteiger partial charge in [-0.3, -0.25) is 14.5 Å². The predicted octanol–water partition coefficient (Wildman–Crippen LogP) is 5.51. The molecule has 1 fully saturated rings. The summed E-state index contributed by atoms with van der Waals surface area (Å²) in [4.78, 5) is 27.1. The summed E-state index contributed by atoms with van der Waals surface area (Å²) in [7, 11) is 0. The van der Waals surface area contributed by atoms with E-state index in [0.717, 1.165) is 35.3 Å². The first-order valence-electron chi connectivity index (χ1n) is 10.6. The molecule has 1 N–H and O–H groups in total. The molecule has 1 aliphatic carbocycles. The summed E-state index contributed by atoms with van der Waals surface area (Å²) in [5.74, 6) is 0.496. The van der Waals surface area contributed by atoms with Gasteiger partial charge in [0.05, 0.1) is 5.75 Å². The zero-order valence-electron chi connectivity index (χ0n) is 17.4. The molecule has 0 spiro atoms. The molecule has 0 unspecified atom stereocenters. The Hall–Kier alpha value is -3.05. The van der Waals surface area contributed by atoms with Crippen LogP contribution in [0.1, 0.15) is 44.4 Å². The first-order valence-corrected chi connectivity index (χ1v) is 11.7. The van der Waals surface area contributed by atoms with Crippen molar-refractivity contribution < 1.29 is 9.59 Å². The molecular weight excluding hydrogens is 404 g/mol. The first kappa shape index (κ1) is 19.9. The number of nitrogens with one attached hydrogen (secondary N) is 1. The van der Waals surface area contributed by atoms with Crippen LogP contribution in [0.4, 0.5) is 11.4 Å². The van der Waals surface area contributed by atoms with Crippen molar-refractivity contribution in [1.82, 2.24) is 0 Å². The molecule has 0 bridgehead atoms. The average Bonchev–Trinajstić information content (AvgIpc) is 3.40. The van der Waals surface area contributed by atoms with Gasteiger partial charge < -0.3 is 5.32 Å². The third-order valence-corrected chi connectivity index (χ3v) is 7.21. The Morgan fingerprint density at radius 2 is 1.71 bits per heavy atom. The number of rotatable bonds is 4. The number of anilines is 2. The quantitative estimate of drug-likeness (QED) is 0.596. The number of hydrogen-bond donors (Lipinski definition) is 1. The highest BCUT2D eigenvalue weighted by Crippen LogP contribution is 2.42. The minimum Gasteiger partial charge on any atom is -0.322 e. The van der Waals surface area contributed by atoms with Gasteiger partial charge in [0, 0.05) is 16.9 Å². The van der Waals surface area contributed by atoms with Crippen LogP contribution in [0.15, 0.2) is 66.7 Å². The Balaban J connectivity index is 1.34. The van der Waals surface area contributed by atoms with Gasteiger partial charge in [-0.25, -0.2) is 0 Å². The number of amides is 2. The van der Waals surface area contributed by atoms with Crippen molar-refractivity contribution in [3.8, 4) is 0 Å². The lowest BCUT2D eigenvalue weighted by Crippen LogP contribution is -2.27. The molecule has 156 valence electrons. The molecule has 31 heavy (non-hydrogen) atoms. The summed E-state index contributed by atoms with van der Waals surface area (Å²) < 4.78 is 0. The minimum absolute atomic E-state index is 0.0474. The summed E-state index contributed by atoms with van der Waals surface area (Å²) in [6.07, 6.45) is 3.43. The van der Waals surface area contributed by atoms with E-state index in [4.69, 9.17) is 0 Å². The molecule has 0 aromatic heterocycles. The lowest BCUT2D eigenvalue weighted by atomic mass is 10.1. The smallest absolute Gasteiger partial charge is 0.255 e. The Labute approximate surface area is 186 Å². The topological polar surface area (TPSA) is 49.4 Å². The average molecular weight is 429 g/mol. The molecule has 1 aliphatic heterocycles. The molecule has 0 saturated carbocycles. The third kappa shape index (κ3) is 3.98. The van der Waals surface area contributed by atoms with Gasteiger partial charge >= 0.3 is 0 Å². The van der Waals surface area contributed by atoms with Gasteiger partial charge in [0.2, 0.25) is 5.91 Å². The van der Waals surface area contributed by atoms with E-state index in [-0.39, 0.29) is 17.2 Å². The highest BCUT2D eigenvalue weighted by molar-refractivity contribution is 8.00.